The Bertz CT molecular complexity index is 221. The van der Waals surface area contributed by atoms with Crippen molar-refractivity contribution in [1.82, 2.24) is 5.32 Å². The minimum absolute atomic E-state index is 0.230. The fourth-order valence-corrected chi connectivity index (χ4v) is 2.62. The van der Waals surface area contributed by atoms with E-state index < -0.39 is 9.84 Å². The van der Waals surface area contributed by atoms with Crippen LogP contribution in [-0.4, -0.2) is 32.5 Å². The van der Waals surface area contributed by atoms with Crippen LogP contribution >= 0.6 is 0 Å². The average molecular weight is 191 g/mol. The molecule has 0 amide bonds. The second-order valence-electron chi connectivity index (χ2n) is 3.91. The van der Waals surface area contributed by atoms with E-state index in [1.54, 1.807) is 0 Å². The highest BCUT2D eigenvalue weighted by molar-refractivity contribution is 7.92. The van der Waals surface area contributed by atoms with E-state index in [-0.39, 0.29) is 6.04 Å². The summed E-state index contributed by atoms with van der Waals surface area (Å²) in [5.74, 6) is 1.37. The fourth-order valence-electron chi connectivity index (χ4n) is 1.26. The second-order valence-corrected chi connectivity index (χ2v) is 6.06. The second kappa shape index (κ2) is 3.75. The van der Waals surface area contributed by atoms with E-state index in [4.69, 9.17) is 0 Å². The zero-order chi connectivity index (χ0) is 9.19. The summed E-state index contributed by atoms with van der Waals surface area (Å²) in [5.41, 5.74) is 0. The molecule has 0 aromatic carbocycles. The lowest BCUT2D eigenvalue weighted by molar-refractivity contribution is 0.477. The van der Waals surface area contributed by atoms with Gasteiger partial charge < -0.3 is 5.32 Å². The van der Waals surface area contributed by atoms with Gasteiger partial charge in [-0.3, -0.25) is 0 Å². The van der Waals surface area contributed by atoms with Crippen LogP contribution in [0.5, 0.6) is 0 Å². The first kappa shape index (κ1) is 9.99. The van der Waals surface area contributed by atoms with E-state index in [1.165, 1.54) is 0 Å². The highest BCUT2D eigenvalue weighted by Gasteiger charge is 2.32. The molecule has 1 aliphatic heterocycles. The van der Waals surface area contributed by atoms with Crippen molar-refractivity contribution >= 4 is 9.84 Å². The molecule has 0 aromatic rings. The van der Waals surface area contributed by atoms with E-state index in [0.717, 1.165) is 13.0 Å². The normalized spacial score (nSPS) is 22.6. The molecule has 1 saturated heterocycles. The van der Waals surface area contributed by atoms with Crippen molar-refractivity contribution in [3.63, 3.8) is 0 Å². The Labute approximate surface area is 74.5 Å². The Balaban J connectivity index is 2.05. The van der Waals surface area contributed by atoms with Crippen molar-refractivity contribution in [2.75, 3.05) is 18.1 Å². The van der Waals surface area contributed by atoms with E-state index in [9.17, 15) is 8.42 Å². The quantitative estimate of drug-likeness (QED) is 0.700. The topological polar surface area (TPSA) is 46.2 Å². The third-order valence-electron chi connectivity index (χ3n) is 2.06. The lowest BCUT2D eigenvalue weighted by Gasteiger charge is -2.26. The van der Waals surface area contributed by atoms with Crippen LogP contribution in [0.4, 0.5) is 0 Å². The molecular weight excluding hydrogens is 174 g/mol. The first-order valence-electron chi connectivity index (χ1n) is 4.43. The molecule has 4 heteroatoms. The lowest BCUT2D eigenvalue weighted by Crippen LogP contribution is -2.51. The Kier molecular flexibility index (Phi) is 3.12. The third kappa shape index (κ3) is 3.11. The maximum Gasteiger partial charge on any atom is 0.153 e. The SMILES string of the molecule is CC(C)CCNC1CS(=O)(=O)C1. The lowest BCUT2D eigenvalue weighted by atomic mass is 10.1. The summed E-state index contributed by atoms with van der Waals surface area (Å²) in [6.45, 7) is 5.27. The zero-order valence-electron chi connectivity index (χ0n) is 7.71. The summed E-state index contributed by atoms with van der Waals surface area (Å²) in [7, 11) is -2.64. The summed E-state index contributed by atoms with van der Waals surface area (Å²) in [6.07, 6.45) is 1.12. The molecule has 0 saturated carbocycles. The van der Waals surface area contributed by atoms with Gasteiger partial charge in [-0.15, -0.1) is 0 Å². The summed E-state index contributed by atoms with van der Waals surface area (Å²) >= 11 is 0. The molecule has 0 aliphatic carbocycles. The standard InChI is InChI=1S/C8H17NO2S/c1-7(2)3-4-9-8-5-12(10,11)6-8/h7-9H,3-6H2,1-2H3. The van der Waals surface area contributed by atoms with Crippen LogP contribution in [-0.2, 0) is 9.84 Å². The summed E-state index contributed by atoms with van der Waals surface area (Å²) in [4.78, 5) is 0. The molecule has 0 radical (unpaired) electrons. The Morgan fingerprint density at radius 3 is 2.42 bits per heavy atom. The van der Waals surface area contributed by atoms with Crippen LogP contribution in [0.2, 0.25) is 0 Å². The van der Waals surface area contributed by atoms with Crippen molar-refractivity contribution in [3.05, 3.63) is 0 Å². The summed E-state index contributed by atoms with van der Waals surface area (Å²) in [5, 5.41) is 3.23. The van der Waals surface area contributed by atoms with Gasteiger partial charge in [-0.2, -0.15) is 0 Å². The number of rotatable bonds is 4. The molecule has 1 rings (SSSR count). The Hall–Kier alpha value is -0.0900. The predicted molar refractivity (Wildman–Crippen MR) is 49.9 cm³/mol. The Morgan fingerprint density at radius 1 is 1.42 bits per heavy atom. The van der Waals surface area contributed by atoms with Crippen LogP contribution in [0.15, 0.2) is 0 Å². The van der Waals surface area contributed by atoms with Gasteiger partial charge in [0.15, 0.2) is 9.84 Å². The van der Waals surface area contributed by atoms with Crippen LogP contribution in [0.25, 0.3) is 0 Å². The van der Waals surface area contributed by atoms with Crippen LogP contribution in [0.3, 0.4) is 0 Å². The summed E-state index contributed by atoms with van der Waals surface area (Å²) in [6, 6.07) is 0.230. The number of nitrogens with one attached hydrogen (secondary N) is 1. The monoisotopic (exact) mass is 191 g/mol. The molecule has 1 heterocycles. The first-order valence-corrected chi connectivity index (χ1v) is 6.25. The van der Waals surface area contributed by atoms with Gasteiger partial charge in [-0.25, -0.2) is 8.42 Å². The molecule has 1 N–H and O–H groups in total. The molecule has 12 heavy (non-hydrogen) atoms. The molecule has 0 unspecified atom stereocenters. The van der Waals surface area contributed by atoms with Gasteiger partial charge in [0, 0.05) is 6.04 Å². The Morgan fingerprint density at radius 2 is 2.00 bits per heavy atom. The average Bonchev–Trinajstić information content (AvgIpc) is 1.82. The minimum atomic E-state index is -2.64. The van der Waals surface area contributed by atoms with Gasteiger partial charge in [0.25, 0.3) is 0 Å². The van der Waals surface area contributed by atoms with Crippen molar-refractivity contribution < 1.29 is 8.42 Å². The number of hydrogen-bond donors (Lipinski definition) is 1. The van der Waals surface area contributed by atoms with Gasteiger partial charge in [-0.1, -0.05) is 13.8 Å². The molecule has 0 atom stereocenters. The number of sulfone groups is 1. The van der Waals surface area contributed by atoms with E-state index in [0.29, 0.717) is 17.4 Å². The van der Waals surface area contributed by atoms with E-state index in [2.05, 4.69) is 19.2 Å². The van der Waals surface area contributed by atoms with Crippen LogP contribution < -0.4 is 5.32 Å². The largest absolute Gasteiger partial charge is 0.312 e. The van der Waals surface area contributed by atoms with E-state index in [1.807, 2.05) is 0 Å². The molecule has 0 bridgehead atoms. The molecule has 1 fully saturated rings. The highest BCUT2D eigenvalue weighted by atomic mass is 32.2. The molecule has 0 aromatic heterocycles. The van der Waals surface area contributed by atoms with E-state index >= 15 is 0 Å². The van der Waals surface area contributed by atoms with Crippen molar-refractivity contribution in [1.29, 1.82) is 0 Å². The predicted octanol–water partition coefficient (Wildman–Crippen LogP) is 0.419. The maximum atomic E-state index is 10.8. The van der Waals surface area contributed by atoms with Crippen LogP contribution in [0.1, 0.15) is 20.3 Å². The van der Waals surface area contributed by atoms with Crippen molar-refractivity contribution in [3.8, 4) is 0 Å². The summed E-state index contributed by atoms with van der Waals surface area (Å²) < 4.78 is 21.5. The molecule has 0 spiro atoms. The van der Waals surface area contributed by atoms with Crippen LogP contribution in [0, 0.1) is 5.92 Å². The van der Waals surface area contributed by atoms with Gasteiger partial charge in [-0.05, 0) is 18.9 Å². The molecule has 1 aliphatic rings. The van der Waals surface area contributed by atoms with Gasteiger partial charge >= 0.3 is 0 Å². The third-order valence-corrected chi connectivity index (χ3v) is 3.89. The van der Waals surface area contributed by atoms with Gasteiger partial charge in [0.05, 0.1) is 11.5 Å². The van der Waals surface area contributed by atoms with Gasteiger partial charge in [0.2, 0.25) is 0 Å². The smallest absolute Gasteiger partial charge is 0.153 e. The molecule has 72 valence electrons. The maximum absolute atomic E-state index is 10.8. The first-order chi connectivity index (χ1) is 5.49. The van der Waals surface area contributed by atoms with Crippen molar-refractivity contribution in [2.24, 2.45) is 5.92 Å². The van der Waals surface area contributed by atoms with Gasteiger partial charge in [0.1, 0.15) is 0 Å². The van der Waals surface area contributed by atoms with Crippen molar-refractivity contribution in [2.45, 2.75) is 26.3 Å². The highest BCUT2D eigenvalue weighted by Crippen LogP contribution is 2.10. The number of hydrogen-bond acceptors (Lipinski definition) is 3. The zero-order valence-corrected chi connectivity index (χ0v) is 8.52. The fraction of sp³-hybridized carbons (Fsp3) is 1.00. The molecule has 3 nitrogen and oxygen atoms in total. The minimum Gasteiger partial charge on any atom is -0.312 e. The molecular formula is C8H17NO2S.